The predicted octanol–water partition coefficient (Wildman–Crippen LogP) is 4.45. The van der Waals surface area contributed by atoms with Crippen LogP contribution < -0.4 is 0 Å². The van der Waals surface area contributed by atoms with E-state index >= 15 is 0 Å². The van der Waals surface area contributed by atoms with Crippen LogP contribution in [0.25, 0.3) is 5.32 Å². The van der Waals surface area contributed by atoms with E-state index in [2.05, 4.69) is 37.3 Å². The monoisotopic (exact) mass is 315 g/mol. The van der Waals surface area contributed by atoms with E-state index in [4.69, 9.17) is 5.32 Å². The average molecular weight is 315 g/mol. The zero-order valence-electron chi connectivity index (χ0n) is 11.1. The van der Waals surface area contributed by atoms with Crippen LogP contribution >= 0.6 is 0 Å². The van der Waals surface area contributed by atoms with E-state index in [1.54, 1.807) is 5.57 Å². The summed E-state index contributed by atoms with van der Waals surface area (Å²) in [6, 6.07) is 11.4. The predicted molar refractivity (Wildman–Crippen MR) is 72.0 cm³/mol. The van der Waals surface area contributed by atoms with E-state index in [-0.39, 0.29) is 32.7 Å². The third-order valence-electron chi connectivity index (χ3n) is 4.24. The van der Waals surface area contributed by atoms with E-state index in [0.29, 0.717) is 6.04 Å². The summed E-state index contributed by atoms with van der Waals surface area (Å²) in [5.74, 6) is 0.754. The van der Waals surface area contributed by atoms with Crippen LogP contribution in [0, 0.1) is 5.92 Å². The first-order valence-corrected chi connectivity index (χ1v) is 6.79. The standard InChI is InChI=1S/C16H20N.Y/c1-12-15(11-13-7-3-2-4-8-13)14-9-5-6-10-16(14)17-12;/h2-4,7-8,14,16H,5-6,9-11H2,1H3;/q-1;. The second-order valence-corrected chi connectivity index (χ2v) is 5.36. The van der Waals surface area contributed by atoms with Gasteiger partial charge < -0.3 is 5.32 Å². The fourth-order valence-electron chi connectivity index (χ4n) is 3.35. The molecule has 1 aliphatic carbocycles. The normalized spacial score (nSPS) is 26.3. The van der Waals surface area contributed by atoms with Gasteiger partial charge in [0.2, 0.25) is 0 Å². The quantitative estimate of drug-likeness (QED) is 0.766. The third kappa shape index (κ3) is 2.88. The summed E-state index contributed by atoms with van der Waals surface area (Å²) in [7, 11) is 0. The molecule has 0 amide bonds. The van der Waals surface area contributed by atoms with Crippen LogP contribution in [-0.2, 0) is 39.1 Å². The first kappa shape index (κ1) is 14.3. The Morgan fingerprint density at radius 1 is 1.11 bits per heavy atom. The first-order valence-electron chi connectivity index (χ1n) is 6.79. The second-order valence-electron chi connectivity index (χ2n) is 5.36. The Kier molecular flexibility index (Phi) is 5.03. The van der Waals surface area contributed by atoms with Gasteiger partial charge in [0.15, 0.2) is 0 Å². The van der Waals surface area contributed by atoms with Gasteiger partial charge in [-0.15, -0.1) is 6.04 Å². The van der Waals surface area contributed by atoms with Gasteiger partial charge in [0.25, 0.3) is 0 Å². The van der Waals surface area contributed by atoms with E-state index in [9.17, 15) is 0 Å². The number of hydrogen-bond acceptors (Lipinski definition) is 0. The molecule has 1 fully saturated rings. The Labute approximate surface area is 135 Å². The fourth-order valence-corrected chi connectivity index (χ4v) is 3.35. The Morgan fingerprint density at radius 2 is 1.83 bits per heavy atom. The molecule has 0 saturated heterocycles. The fraction of sp³-hybridized carbons (Fsp3) is 0.500. The molecule has 1 aromatic rings. The minimum Gasteiger partial charge on any atom is -0.685 e. The molecule has 1 saturated carbocycles. The number of hydrogen-bond donors (Lipinski definition) is 0. The van der Waals surface area contributed by atoms with Crippen molar-refractivity contribution in [3.63, 3.8) is 0 Å². The topological polar surface area (TPSA) is 14.1 Å². The SMILES string of the molecule is CC1=C(Cc2ccccc2)C2CCCCC2[N-]1.[Y]. The molecule has 0 bridgehead atoms. The maximum absolute atomic E-state index is 4.87. The molecule has 0 spiro atoms. The molecular weight excluding hydrogens is 295 g/mol. The molecule has 0 aromatic heterocycles. The van der Waals surface area contributed by atoms with Gasteiger partial charge in [0, 0.05) is 32.7 Å². The molecule has 1 nitrogen and oxygen atoms in total. The molecule has 1 heterocycles. The average Bonchev–Trinajstić information content (AvgIpc) is 2.68. The van der Waals surface area contributed by atoms with Crippen LogP contribution in [0.4, 0.5) is 0 Å². The summed E-state index contributed by atoms with van der Waals surface area (Å²) >= 11 is 0. The summed E-state index contributed by atoms with van der Waals surface area (Å²) in [6.45, 7) is 2.20. The molecule has 2 aliphatic rings. The van der Waals surface area contributed by atoms with Crippen LogP contribution in [0.2, 0.25) is 0 Å². The molecular formula is C16H20NY-. The van der Waals surface area contributed by atoms with Crippen LogP contribution in [0.1, 0.15) is 38.2 Å². The molecule has 2 unspecified atom stereocenters. The smallest absolute Gasteiger partial charge is 0 e. The molecule has 2 atom stereocenters. The van der Waals surface area contributed by atoms with Gasteiger partial charge in [-0.1, -0.05) is 62.1 Å². The molecule has 1 aliphatic heterocycles. The van der Waals surface area contributed by atoms with E-state index in [0.717, 1.165) is 12.3 Å². The Bertz CT molecular complexity index is 424. The van der Waals surface area contributed by atoms with Crippen LogP contribution in [0.5, 0.6) is 0 Å². The number of nitrogens with zero attached hydrogens (tertiary/aromatic N) is 1. The summed E-state index contributed by atoms with van der Waals surface area (Å²) in [4.78, 5) is 0. The maximum atomic E-state index is 4.87. The van der Waals surface area contributed by atoms with Crippen LogP contribution in [0.3, 0.4) is 0 Å². The summed E-state index contributed by atoms with van der Waals surface area (Å²) in [6.07, 6.45) is 6.53. The van der Waals surface area contributed by atoms with Crippen molar-refractivity contribution in [2.45, 2.75) is 45.1 Å². The van der Waals surface area contributed by atoms with Crippen molar-refractivity contribution >= 4 is 0 Å². The largest absolute Gasteiger partial charge is 0.685 e. The number of benzene rings is 1. The molecule has 18 heavy (non-hydrogen) atoms. The van der Waals surface area contributed by atoms with Crippen molar-refractivity contribution < 1.29 is 32.7 Å². The van der Waals surface area contributed by atoms with E-state index < -0.39 is 0 Å². The molecule has 2 heteroatoms. The maximum Gasteiger partial charge on any atom is 0 e. The van der Waals surface area contributed by atoms with E-state index in [1.165, 1.54) is 36.9 Å². The zero-order chi connectivity index (χ0) is 11.7. The number of rotatable bonds is 2. The molecule has 1 radical (unpaired) electrons. The summed E-state index contributed by atoms with van der Waals surface area (Å²) < 4.78 is 0. The summed E-state index contributed by atoms with van der Waals surface area (Å²) in [5, 5.41) is 4.87. The summed E-state index contributed by atoms with van der Waals surface area (Å²) in [5.41, 5.74) is 4.37. The van der Waals surface area contributed by atoms with Gasteiger partial charge >= 0.3 is 0 Å². The third-order valence-corrected chi connectivity index (χ3v) is 4.24. The van der Waals surface area contributed by atoms with Gasteiger partial charge in [-0.2, -0.15) is 5.70 Å². The molecule has 0 N–H and O–H groups in total. The van der Waals surface area contributed by atoms with E-state index in [1.807, 2.05) is 0 Å². The van der Waals surface area contributed by atoms with Gasteiger partial charge in [-0.3, -0.25) is 0 Å². The van der Waals surface area contributed by atoms with Crippen molar-refractivity contribution in [2.24, 2.45) is 5.92 Å². The van der Waals surface area contributed by atoms with Crippen molar-refractivity contribution in [2.75, 3.05) is 0 Å². The Hall–Kier alpha value is -0.136. The molecule has 3 rings (SSSR count). The zero-order valence-corrected chi connectivity index (χ0v) is 13.9. The molecule has 93 valence electrons. The van der Waals surface area contributed by atoms with Crippen LogP contribution in [0.15, 0.2) is 41.6 Å². The van der Waals surface area contributed by atoms with Gasteiger partial charge in [0.05, 0.1) is 0 Å². The van der Waals surface area contributed by atoms with Gasteiger partial charge in [-0.25, -0.2) is 0 Å². The Balaban J connectivity index is 0.00000120. The minimum atomic E-state index is 0. The first-order chi connectivity index (χ1) is 8.34. The van der Waals surface area contributed by atoms with Crippen molar-refractivity contribution in [3.05, 3.63) is 52.5 Å². The minimum absolute atomic E-state index is 0. The number of fused-ring (bicyclic) bond motifs is 1. The van der Waals surface area contributed by atoms with Crippen molar-refractivity contribution in [3.8, 4) is 0 Å². The molecule has 1 aromatic carbocycles. The second kappa shape index (κ2) is 6.34. The van der Waals surface area contributed by atoms with Crippen LogP contribution in [-0.4, -0.2) is 6.04 Å². The van der Waals surface area contributed by atoms with Crippen molar-refractivity contribution in [1.29, 1.82) is 0 Å². The number of allylic oxidation sites excluding steroid dienone is 1. The van der Waals surface area contributed by atoms with Crippen molar-refractivity contribution in [1.82, 2.24) is 0 Å². The van der Waals surface area contributed by atoms with Gasteiger partial charge in [0.1, 0.15) is 0 Å². The Morgan fingerprint density at radius 3 is 2.61 bits per heavy atom. The van der Waals surface area contributed by atoms with Gasteiger partial charge in [-0.05, 0) is 24.3 Å².